The Morgan fingerprint density at radius 3 is 2.52 bits per heavy atom. The normalized spacial score (nSPS) is 12.5. The predicted octanol–water partition coefficient (Wildman–Crippen LogP) is 3.61. The van der Waals surface area contributed by atoms with E-state index in [0.717, 1.165) is 17.4 Å². The molecule has 1 heterocycles. The van der Waals surface area contributed by atoms with E-state index in [1.807, 2.05) is 0 Å². The molecule has 134 valence electrons. The molecule has 1 aromatic heterocycles. The fraction of sp³-hybridized carbons (Fsp3) is 0.250. The van der Waals surface area contributed by atoms with Gasteiger partial charge in [0.2, 0.25) is 5.91 Å². The van der Waals surface area contributed by atoms with Crippen molar-refractivity contribution in [1.29, 1.82) is 0 Å². The summed E-state index contributed by atoms with van der Waals surface area (Å²) in [5.74, 6) is -1.18. The zero-order chi connectivity index (χ0) is 18.8. The van der Waals surface area contributed by atoms with Crippen LogP contribution in [0.5, 0.6) is 0 Å². The largest absolute Gasteiger partial charge is 0.416 e. The molecule has 0 aliphatic rings. The highest BCUT2D eigenvalue weighted by Gasteiger charge is 2.32. The zero-order valence-electron chi connectivity index (χ0n) is 13.4. The number of nitrogens with two attached hydrogens (primary N) is 1. The van der Waals surface area contributed by atoms with Crippen molar-refractivity contribution in [3.63, 3.8) is 0 Å². The van der Waals surface area contributed by atoms with Gasteiger partial charge in [0, 0.05) is 5.69 Å². The van der Waals surface area contributed by atoms with Crippen LogP contribution >= 0.6 is 11.3 Å². The van der Waals surface area contributed by atoms with Gasteiger partial charge < -0.3 is 16.4 Å². The third-order valence-corrected chi connectivity index (χ3v) is 4.32. The second kappa shape index (κ2) is 7.14. The monoisotopic (exact) mass is 371 g/mol. The quantitative estimate of drug-likeness (QED) is 0.751. The van der Waals surface area contributed by atoms with Gasteiger partial charge in [-0.15, -0.1) is 11.3 Å². The highest BCUT2D eigenvalue weighted by molar-refractivity contribution is 7.14. The van der Waals surface area contributed by atoms with Crippen LogP contribution in [0.15, 0.2) is 29.6 Å². The fourth-order valence-corrected chi connectivity index (χ4v) is 2.95. The molecule has 0 fully saturated rings. The smallest absolute Gasteiger partial charge is 0.374 e. The van der Waals surface area contributed by atoms with E-state index in [9.17, 15) is 22.8 Å². The molecule has 0 aliphatic carbocycles. The summed E-state index contributed by atoms with van der Waals surface area (Å²) in [7, 11) is 0. The van der Waals surface area contributed by atoms with Crippen molar-refractivity contribution in [3.05, 3.63) is 46.3 Å². The highest BCUT2D eigenvalue weighted by Crippen LogP contribution is 2.33. The Kier molecular flexibility index (Phi) is 5.36. The summed E-state index contributed by atoms with van der Waals surface area (Å²) in [6.45, 7) is 2.87. The van der Waals surface area contributed by atoms with Crippen molar-refractivity contribution in [2.24, 2.45) is 5.73 Å². The number of alkyl halides is 3. The fourth-order valence-electron chi connectivity index (χ4n) is 2.15. The molecule has 0 saturated carbocycles. The van der Waals surface area contributed by atoms with E-state index in [0.29, 0.717) is 5.00 Å². The standard InChI is InChI=1S/C16H16F3N3O2S/c1-8-3-4-10(7-12(8)16(17,18)19)21-9(2)14(24)22-15-11(13(20)23)5-6-25-15/h3-7,9,21H,1-2H3,(H2,20,23)(H,22,24). The number of hydrogen-bond acceptors (Lipinski definition) is 4. The number of carbonyl (C=O) groups excluding carboxylic acids is 2. The van der Waals surface area contributed by atoms with E-state index >= 15 is 0 Å². The molecule has 0 aliphatic heterocycles. The molecule has 25 heavy (non-hydrogen) atoms. The number of rotatable bonds is 5. The van der Waals surface area contributed by atoms with Crippen LogP contribution in [0.1, 0.15) is 28.4 Å². The number of anilines is 2. The Balaban J connectivity index is 2.11. The van der Waals surface area contributed by atoms with E-state index in [2.05, 4.69) is 10.6 Å². The number of hydrogen-bond donors (Lipinski definition) is 3. The number of aryl methyl sites for hydroxylation is 1. The molecule has 2 amide bonds. The molecule has 0 bridgehead atoms. The van der Waals surface area contributed by atoms with Gasteiger partial charge in [-0.1, -0.05) is 6.07 Å². The highest BCUT2D eigenvalue weighted by atomic mass is 32.1. The van der Waals surface area contributed by atoms with Gasteiger partial charge >= 0.3 is 6.18 Å². The maximum absolute atomic E-state index is 12.9. The van der Waals surface area contributed by atoms with Gasteiger partial charge in [0.25, 0.3) is 5.91 Å². The lowest BCUT2D eigenvalue weighted by atomic mass is 10.1. The Morgan fingerprint density at radius 2 is 1.92 bits per heavy atom. The zero-order valence-corrected chi connectivity index (χ0v) is 14.2. The van der Waals surface area contributed by atoms with Gasteiger partial charge in [-0.05, 0) is 43.0 Å². The van der Waals surface area contributed by atoms with Crippen molar-refractivity contribution in [2.45, 2.75) is 26.1 Å². The average molecular weight is 371 g/mol. The number of amides is 2. The first-order valence-corrected chi connectivity index (χ1v) is 8.10. The third kappa shape index (κ3) is 4.50. The Labute approximate surface area is 146 Å². The molecule has 0 spiro atoms. The summed E-state index contributed by atoms with van der Waals surface area (Å²) in [6.07, 6.45) is -4.47. The molecule has 9 heteroatoms. The summed E-state index contributed by atoms with van der Waals surface area (Å²) >= 11 is 1.13. The van der Waals surface area contributed by atoms with Crippen molar-refractivity contribution in [3.8, 4) is 0 Å². The third-order valence-electron chi connectivity index (χ3n) is 3.49. The van der Waals surface area contributed by atoms with Gasteiger partial charge in [0.05, 0.1) is 11.1 Å². The van der Waals surface area contributed by atoms with Gasteiger partial charge in [0.1, 0.15) is 11.0 Å². The summed E-state index contributed by atoms with van der Waals surface area (Å²) in [4.78, 5) is 23.4. The Morgan fingerprint density at radius 1 is 1.24 bits per heavy atom. The van der Waals surface area contributed by atoms with Crippen LogP contribution in [0.3, 0.4) is 0 Å². The average Bonchev–Trinajstić information content (AvgIpc) is 2.96. The van der Waals surface area contributed by atoms with Gasteiger partial charge in [0.15, 0.2) is 0 Å². The molecule has 4 N–H and O–H groups in total. The summed E-state index contributed by atoms with van der Waals surface area (Å²) in [6, 6.07) is 4.41. The Hall–Kier alpha value is -2.55. The topological polar surface area (TPSA) is 84.2 Å². The summed E-state index contributed by atoms with van der Waals surface area (Å²) < 4.78 is 38.8. The number of benzene rings is 1. The number of thiophene rings is 1. The van der Waals surface area contributed by atoms with Crippen molar-refractivity contribution >= 4 is 33.8 Å². The molecule has 0 saturated heterocycles. The minimum absolute atomic E-state index is 0.0971. The first-order chi connectivity index (χ1) is 11.6. The van der Waals surface area contributed by atoms with Gasteiger partial charge in [-0.25, -0.2) is 0 Å². The lowest BCUT2D eigenvalue weighted by Gasteiger charge is -2.17. The lowest BCUT2D eigenvalue weighted by Crippen LogP contribution is -2.32. The molecule has 5 nitrogen and oxygen atoms in total. The number of primary amides is 1. The molecular weight excluding hydrogens is 355 g/mol. The van der Waals surface area contributed by atoms with Crippen LogP contribution < -0.4 is 16.4 Å². The van der Waals surface area contributed by atoms with E-state index in [1.165, 1.54) is 32.0 Å². The van der Waals surface area contributed by atoms with Crippen molar-refractivity contribution in [1.82, 2.24) is 0 Å². The SMILES string of the molecule is Cc1ccc(NC(C)C(=O)Nc2sccc2C(N)=O)cc1C(F)(F)F. The summed E-state index contributed by atoms with van der Waals surface area (Å²) in [5, 5.41) is 7.16. The van der Waals surface area contributed by atoms with Gasteiger partial charge in [-0.2, -0.15) is 13.2 Å². The maximum atomic E-state index is 12.9. The van der Waals surface area contributed by atoms with E-state index in [-0.39, 0.29) is 16.8 Å². The minimum atomic E-state index is -4.47. The molecule has 2 rings (SSSR count). The summed E-state index contributed by atoms with van der Waals surface area (Å²) in [5.41, 5.74) is 4.88. The Bertz CT molecular complexity index is 802. The molecule has 0 radical (unpaired) electrons. The molecular formula is C16H16F3N3O2S. The van der Waals surface area contributed by atoms with Gasteiger partial charge in [-0.3, -0.25) is 9.59 Å². The maximum Gasteiger partial charge on any atom is 0.416 e. The van der Waals surface area contributed by atoms with Crippen LogP contribution in [0.25, 0.3) is 0 Å². The second-order valence-corrected chi connectivity index (χ2v) is 6.33. The number of nitrogens with one attached hydrogen (secondary N) is 2. The van der Waals surface area contributed by atoms with Crippen LogP contribution in [-0.4, -0.2) is 17.9 Å². The van der Waals surface area contributed by atoms with Crippen molar-refractivity contribution in [2.75, 3.05) is 10.6 Å². The van der Waals surface area contributed by atoms with E-state index in [1.54, 1.807) is 5.38 Å². The molecule has 1 atom stereocenters. The predicted molar refractivity (Wildman–Crippen MR) is 90.7 cm³/mol. The van der Waals surface area contributed by atoms with E-state index < -0.39 is 29.6 Å². The van der Waals surface area contributed by atoms with Crippen LogP contribution in [-0.2, 0) is 11.0 Å². The second-order valence-electron chi connectivity index (χ2n) is 5.41. The van der Waals surface area contributed by atoms with Crippen LogP contribution in [0.4, 0.5) is 23.9 Å². The van der Waals surface area contributed by atoms with Crippen LogP contribution in [0, 0.1) is 6.92 Å². The van der Waals surface area contributed by atoms with E-state index in [4.69, 9.17) is 5.73 Å². The van der Waals surface area contributed by atoms with Crippen LogP contribution in [0.2, 0.25) is 0 Å². The molecule has 2 aromatic rings. The van der Waals surface area contributed by atoms with Crippen molar-refractivity contribution < 1.29 is 22.8 Å². The first-order valence-electron chi connectivity index (χ1n) is 7.22. The lowest BCUT2D eigenvalue weighted by molar-refractivity contribution is -0.138. The number of halogens is 3. The number of carbonyl (C=O) groups is 2. The molecule has 1 aromatic carbocycles. The molecule has 1 unspecified atom stereocenters. The minimum Gasteiger partial charge on any atom is -0.374 e. The first kappa shape index (κ1) is 18.8.